The van der Waals surface area contributed by atoms with Gasteiger partial charge in [0, 0.05) is 18.7 Å². The number of hydrogen-bond donors (Lipinski definition) is 0. The highest BCUT2D eigenvalue weighted by molar-refractivity contribution is 5.76. The summed E-state index contributed by atoms with van der Waals surface area (Å²) in [5.74, 6) is 2.13. The largest absolute Gasteiger partial charge is 0.361 e. The number of fused-ring (bicyclic) bond motifs is 1. The summed E-state index contributed by atoms with van der Waals surface area (Å²) in [5, 5.41) is 4.10. The van der Waals surface area contributed by atoms with Gasteiger partial charge < -0.3 is 9.09 Å². The van der Waals surface area contributed by atoms with Gasteiger partial charge in [-0.3, -0.25) is 4.90 Å². The summed E-state index contributed by atoms with van der Waals surface area (Å²) < 4.78 is 7.71. The average Bonchev–Trinajstić information content (AvgIpc) is 3.27. The molecule has 0 bridgehead atoms. The number of rotatable bonds is 4. The molecule has 0 N–H and O–H groups in total. The van der Waals surface area contributed by atoms with Crippen molar-refractivity contribution in [2.75, 3.05) is 6.54 Å². The Bertz CT molecular complexity index is 844. The van der Waals surface area contributed by atoms with E-state index in [-0.39, 0.29) is 0 Å². The van der Waals surface area contributed by atoms with E-state index in [1.807, 2.05) is 13.8 Å². The monoisotopic (exact) mass is 324 g/mol. The van der Waals surface area contributed by atoms with Crippen molar-refractivity contribution in [2.24, 2.45) is 0 Å². The molecule has 5 heteroatoms. The van der Waals surface area contributed by atoms with Crippen LogP contribution in [-0.2, 0) is 13.1 Å². The molecule has 1 saturated heterocycles. The van der Waals surface area contributed by atoms with Crippen molar-refractivity contribution in [2.45, 2.75) is 52.7 Å². The summed E-state index contributed by atoms with van der Waals surface area (Å²) in [5.41, 5.74) is 4.56. The third kappa shape index (κ3) is 2.44. The van der Waals surface area contributed by atoms with Crippen molar-refractivity contribution in [3.63, 3.8) is 0 Å². The SMILES string of the molecule is CCn1c(C2CCCN2Cc2c(C)noc2C)nc2ccccc21. The first-order valence-corrected chi connectivity index (χ1v) is 8.80. The molecule has 4 rings (SSSR count). The van der Waals surface area contributed by atoms with Crippen LogP contribution in [0.3, 0.4) is 0 Å². The highest BCUT2D eigenvalue weighted by Crippen LogP contribution is 2.35. The van der Waals surface area contributed by atoms with Crippen LogP contribution in [-0.4, -0.2) is 26.2 Å². The van der Waals surface area contributed by atoms with Crippen LogP contribution >= 0.6 is 0 Å². The van der Waals surface area contributed by atoms with E-state index in [1.165, 1.54) is 23.3 Å². The van der Waals surface area contributed by atoms with E-state index in [0.29, 0.717) is 6.04 Å². The molecular weight excluding hydrogens is 300 g/mol. The van der Waals surface area contributed by atoms with E-state index in [1.54, 1.807) is 0 Å². The zero-order valence-corrected chi connectivity index (χ0v) is 14.6. The Hall–Kier alpha value is -2.14. The molecule has 3 aromatic rings. The zero-order chi connectivity index (χ0) is 16.7. The molecule has 1 fully saturated rings. The van der Waals surface area contributed by atoms with Crippen LogP contribution in [0, 0.1) is 13.8 Å². The summed E-state index contributed by atoms with van der Waals surface area (Å²) in [4.78, 5) is 7.50. The predicted octanol–water partition coefficient (Wildman–Crippen LogP) is 4.00. The fourth-order valence-electron chi connectivity index (χ4n) is 3.92. The number of aromatic nitrogens is 3. The third-order valence-corrected chi connectivity index (χ3v) is 5.20. The first kappa shape index (κ1) is 15.4. The van der Waals surface area contributed by atoms with Crippen LogP contribution < -0.4 is 0 Å². The lowest BCUT2D eigenvalue weighted by atomic mass is 10.1. The maximum absolute atomic E-state index is 5.34. The Balaban J connectivity index is 1.70. The van der Waals surface area contributed by atoms with Crippen LogP contribution in [0.25, 0.3) is 11.0 Å². The van der Waals surface area contributed by atoms with Crippen molar-refractivity contribution in [3.05, 3.63) is 47.1 Å². The summed E-state index contributed by atoms with van der Waals surface area (Å²) >= 11 is 0. The van der Waals surface area contributed by atoms with E-state index >= 15 is 0 Å². The van der Waals surface area contributed by atoms with Crippen molar-refractivity contribution in [1.29, 1.82) is 0 Å². The van der Waals surface area contributed by atoms with E-state index in [0.717, 1.165) is 43.0 Å². The van der Waals surface area contributed by atoms with Crippen molar-refractivity contribution >= 4 is 11.0 Å². The zero-order valence-electron chi connectivity index (χ0n) is 14.6. The predicted molar refractivity (Wildman–Crippen MR) is 93.8 cm³/mol. The van der Waals surface area contributed by atoms with Gasteiger partial charge in [0.15, 0.2) is 0 Å². The van der Waals surface area contributed by atoms with Gasteiger partial charge in [-0.1, -0.05) is 17.3 Å². The molecule has 1 aliphatic rings. The van der Waals surface area contributed by atoms with Gasteiger partial charge in [0.25, 0.3) is 0 Å². The van der Waals surface area contributed by atoms with Gasteiger partial charge in [-0.05, 0) is 52.3 Å². The number of para-hydroxylation sites is 2. The van der Waals surface area contributed by atoms with Crippen molar-refractivity contribution < 1.29 is 4.52 Å². The first-order chi connectivity index (χ1) is 11.7. The van der Waals surface area contributed by atoms with E-state index in [9.17, 15) is 0 Å². The van der Waals surface area contributed by atoms with Crippen molar-refractivity contribution in [3.8, 4) is 0 Å². The van der Waals surface area contributed by atoms with Gasteiger partial charge in [-0.25, -0.2) is 4.98 Å². The quantitative estimate of drug-likeness (QED) is 0.728. The van der Waals surface area contributed by atoms with Crippen LogP contribution in [0.15, 0.2) is 28.8 Å². The minimum absolute atomic E-state index is 0.367. The Kier molecular flexibility index (Phi) is 3.88. The van der Waals surface area contributed by atoms with Crippen molar-refractivity contribution in [1.82, 2.24) is 19.6 Å². The van der Waals surface area contributed by atoms with Crippen LogP contribution in [0.2, 0.25) is 0 Å². The minimum atomic E-state index is 0.367. The molecule has 1 aliphatic heterocycles. The van der Waals surface area contributed by atoms with Gasteiger partial charge in [-0.2, -0.15) is 0 Å². The van der Waals surface area contributed by atoms with Gasteiger partial charge >= 0.3 is 0 Å². The molecule has 0 amide bonds. The molecule has 1 unspecified atom stereocenters. The fourth-order valence-corrected chi connectivity index (χ4v) is 3.92. The highest BCUT2D eigenvalue weighted by atomic mass is 16.5. The van der Waals surface area contributed by atoms with Crippen LogP contribution in [0.1, 0.15) is 48.6 Å². The molecule has 126 valence electrons. The number of likely N-dealkylation sites (tertiary alicyclic amines) is 1. The van der Waals surface area contributed by atoms with Crippen LogP contribution in [0.4, 0.5) is 0 Å². The highest BCUT2D eigenvalue weighted by Gasteiger charge is 2.31. The molecule has 0 radical (unpaired) electrons. The number of aryl methyl sites for hydroxylation is 3. The third-order valence-electron chi connectivity index (χ3n) is 5.20. The molecule has 24 heavy (non-hydrogen) atoms. The second-order valence-corrected chi connectivity index (χ2v) is 6.63. The molecule has 0 saturated carbocycles. The summed E-state index contributed by atoms with van der Waals surface area (Å²) in [6.07, 6.45) is 2.37. The number of hydrogen-bond acceptors (Lipinski definition) is 4. The molecule has 0 aliphatic carbocycles. The lowest BCUT2D eigenvalue weighted by Crippen LogP contribution is -2.25. The summed E-state index contributed by atoms with van der Waals surface area (Å²) in [6, 6.07) is 8.80. The fraction of sp³-hybridized carbons (Fsp3) is 0.474. The standard InChI is InChI=1S/C19H24N4O/c1-4-23-17-9-6-5-8-16(17)20-19(23)18-10-7-11-22(18)12-15-13(2)21-24-14(15)3/h5-6,8-9,18H,4,7,10-12H2,1-3H3. The van der Waals surface area contributed by atoms with Gasteiger partial charge in [0.2, 0.25) is 0 Å². The number of imidazole rings is 1. The second kappa shape index (κ2) is 6.06. The van der Waals surface area contributed by atoms with E-state index in [2.05, 4.69) is 45.8 Å². The van der Waals surface area contributed by atoms with E-state index < -0.39 is 0 Å². The maximum Gasteiger partial charge on any atom is 0.138 e. The van der Waals surface area contributed by atoms with Crippen LogP contribution in [0.5, 0.6) is 0 Å². The molecule has 3 heterocycles. The molecule has 0 spiro atoms. The molecule has 2 aromatic heterocycles. The molecule has 5 nitrogen and oxygen atoms in total. The average molecular weight is 324 g/mol. The van der Waals surface area contributed by atoms with Gasteiger partial charge in [-0.15, -0.1) is 0 Å². The summed E-state index contributed by atoms with van der Waals surface area (Å²) in [7, 11) is 0. The Labute approximate surface area is 142 Å². The normalized spacial score (nSPS) is 18.7. The first-order valence-electron chi connectivity index (χ1n) is 8.80. The smallest absolute Gasteiger partial charge is 0.138 e. The maximum atomic E-state index is 5.34. The molecule has 1 aromatic carbocycles. The molecule has 1 atom stereocenters. The Morgan fingerprint density at radius 3 is 2.83 bits per heavy atom. The lowest BCUT2D eigenvalue weighted by molar-refractivity contribution is 0.234. The minimum Gasteiger partial charge on any atom is -0.361 e. The lowest BCUT2D eigenvalue weighted by Gasteiger charge is -2.24. The van der Waals surface area contributed by atoms with Gasteiger partial charge in [0.05, 0.1) is 22.8 Å². The topological polar surface area (TPSA) is 47.1 Å². The van der Waals surface area contributed by atoms with E-state index in [4.69, 9.17) is 9.51 Å². The second-order valence-electron chi connectivity index (χ2n) is 6.63. The molecular formula is C19H24N4O. The number of benzene rings is 1. The summed E-state index contributed by atoms with van der Waals surface area (Å²) in [6.45, 7) is 9.16. The Morgan fingerprint density at radius 2 is 2.08 bits per heavy atom. The Morgan fingerprint density at radius 1 is 1.25 bits per heavy atom. The number of nitrogens with zero attached hydrogens (tertiary/aromatic N) is 4. The van der Waals surface area contributed by atoms with Gasteiger partial charge in [0.1, 0.15) is 11.6 Å².